The quantitative estimate of drug-likeness (QED) is 0.803. The Bertz CT molecular complexity index is 532. The van der Waals surface area contributed by atoms with Crippen molar-refractivity contribution >= 4 is 33.2 Å². The average molecular weight is 311 g/mol. The lowest BCUT2D eigenvalue weighted by molar-refractivity contribution is 0.315. The van der Waals surface area contributed by atoms with Crippen LogP contribution in [0, 0.1) is 5.92 Å². The Morgan fingerprint density at radius 2 is 1.83 bits per heavy atom. The molecule has 0 amide bonds. The minimum atomic E-state index is -3.59. The molecule has 0 aliphatic heterocycles. The number of aromatic nitrogens is 1. The lowest BCUT2D eigenvalue weighted by Crippen LogP contribution is -2.38. The Hall–Kier alpha value is -0.360. The number of sulfonamides is 1. The Labute approximate surface area is 118 Å². The van der Waals surface area contributed by atoms with Gasteiger partial charge >= 0.3 is 0 Å². The lowest BCUT2D eigenvalue weighted by Gasteiger charge is -2.27. The molecule has 7 heteroatoms. The summed E-state index contributed by atoms with van der Waals surface area (Å²) in [6.07, 6.45) is 1.22. The van der Waals surface area contributed by atoms with Crippen LogP contribution in [0.3, 0.4) is 0 Å². The smallest absolute Gasteiger partial charge is 0.242 e. The molecule has 0 aromatic carbocycles. The average Bonchev–Trinajstić information content (AvgIpc) is 2.30. The zero-order chi connectivity index (χ0) is 14.1. The molecule has 0 radical (unpaired) electrons. The molecule has 1 atom stereocenters. The molecule has 0 saturated heterocycles. The van der Waals surface area contributed by atoms with E-state index in [2.05, 4.69) is 4.98 Å². The van der Waals surface area contributed by atoms with Crippen molar-refractivity contribution in [2.24, 2.45) is 5.92 Å². The summed E-state index contributed by atoms with van der Waals surface area (Å²) in [5.74, 6) is 0.209. The van der Waals surface area contributed by atoms with Gasteiger partial charge in [-0.2, -0.15) is 4.31 Å². The summed E-state index contributed by atoms with van der Waals surface area (Å²) in [6.45, 7) is 5.78. The van der Waals surface area contributed by atoms with Crippen molar-refractivity contribution in [1.29, 1.82) is 0 Å². The molecule has 4 nitrogen and oxygen atoms in total. The van der Waals surface area contributed by atoms with E-state index >= 15 is 0 Å². The standard InChI is InChI=1S/C11H16Cl2N2O2S/c1-7(2)8(3)15(4)18(16,17)9-5-10(12)11(13)14-6-9/h5-8H,1-4H3. The van der Waals surface area contributed by atoms with E-state index in [-0.39, 0.29) is 27.0 Å². The summed E-state index contributed by atoms with van der Waals surface area (Å²) >= 11 is 11.5. The van der Waals surface area contributed by atoms with Crippen molar-refractivity contribution < 1.29 is 8.42 Å². The number of rotatable bonds is 4. The van der Waals surface area contributed by atoms with Crippen molar-refractivity contribution in [3.05, 3.63) is 22.4 Å². The Kier molecular flexibility index (Phi) is 5.00. The molecule has 1 unspecified atom stereocenters. The van der Waals surface area contributed by atoms with E-state index in [4.69, 9.17) is 23.2 Å². The largest absolute Gasteiger partial charge is 0.244 e. The van der Waals surface area contributed by atoms with Gasteiger partial charge in [0.15, 0.2) is 0 Å². The van der Waals surface area contributed by atoms with Gasteiger partial charge in [-0.1, -0.05) is 37.0 Å². The van der Waals surface area contributed by atoms with Gasteiger partial charge in [-0.3, -0.25) is 0 Å². The lowest BCUT2D eigenvalue weighted by atomic mass is 10.1. The maximum absolute atomic E-state index is 12.3. The molecule has 1 aromatic heterocycles. The highest BCUT2D eigenvalue weighted by atomic mass is 35.5. The summed E-state index contributed by atoms with van der Waals surface area (Å²) < 4.78 is 26.0. The molecule has 0 aliphatic carbocycles. The molecule has 0 fully saturated rings. The summed E-state index contributed by atoms with van der Waals surface area (Å²) in [5, 5.41) is 0.221. The van der Waals surface area contributed by atoms with Gasteiger partial charge in [0.2, 0.25) is 10.0 Å². The van der Waals surface area contributed by atoms with Crippen LogP contribution in [0.4, 0.5) is 0 Å². The fourth-order valence-corrected chi connectivity index (χ4v) is 3.15. The topological polar surface area (TPSA) is 50.3 Å². The normalized spacial score (nSPS) is 14.2. The molecule has 0 N–H and O–H groups in total. The predicted molar refractivity (Wildman–Crippen MR) is 73.5 cm³/mol. The Morgan fingerprint density at radius 1 is 1.28 bits per heavy atom. The van der Waals surface area contributed by atoms with Crippen molar-refractivity contribution in [3.63, 3.8) is 0 Å². The third-order valence-corrected chi connectivity index (χ3v) is 5.58. The fraction of sp³-hybridized carbons (Fsp3) is 0.545. The van der Waals surface area contributed by atoms with Gasteiger partial charge in [-0.25, -0.2) is 13.4 Å². The van der Waals surface area contributed by atoms with Gasteiger partial charge in [0.1, 0.15) is 10.0 Å². The fourth-order valence-electron chi connectivity index (χ4n) is 1.35. The van der Waals surface area contributed by atoms with E-state index in [0.717, 1.165) is 0 Å². The second-order valence-corrected chi connectivity index (χ2v) is 7.21. The first kappa shape index (κ1) is 15.7. The Balaban J connectivity index is 3.17. The van der Waals surface area contributed by atoms with Gasteiger partial charge in [-0.15, -0.1) is 0 Å². The summed E-state index contributed by atoms with van der Waals surface area (Å²) in [7, 11) is -2.05. The SMILES string of the molecule is CC(C)C(C)N(C)S(=O)(=O)c1cnc(Cl)c(Cl)c1. The van der Waals surface area contributed by atoms with Crippen LogP contribution in [-0.4, -0.2) is 30.8 Å². The van der Waals surface area contributed by atoms with Crippen molar-refractivity contribution in [2.75, 3.05) is 7.05 Å². The van der Waals surface area contributed by atoms with Crippen LogP contribution in [-0.2, 0) is 10.0 Å². The van der Waals surface area contributed by atoms with Gasteiger partial charge in [0.05, 0.1) is 5.02 Å². The van der Waals surface area contributed by atoms with Crippen LogP contribution in [0.5, 0.6) is 0 Å². The summed E-state index contributed by atoms with van der Waals surface area (Å²) in [6, 6.07) is 1.19. The molecule has 102 valence electrons. The number of hydrogen-bond donors (Lipinski definition) is 0. The number of pyridine rings is 1. The second-order valence-electron chi connectivity index (χ2n) is 4.45. The van der Waals surface area contributed by atoms with Crippen LogP contribution in [0.2, 0.25) is 10.2 Å². The van der Waals surface area contributed by atoms with Gasteiger partial charge in [0.25, 0.3) is 0 Å². The third-order valence-electron chi connectivity index (χ3n) is 2.99. The molecule has 1 rings (SSSR count). The minimum Gasteiger partial charge on any atom is -0.242 e. The minimum absolute atomic E-state index is 0.0481. The predicted octanol–water partition coefficient (Wildman–Crippen LogP) is 3.05. The number of halogens is 2. The first-order valence-electron chi connectivity index (χ1n) is 5.47. The van der Waals surface area contributed by atoms with E-state index < -0.39 is 10.0 Å². The molecule has 18 heavy (non-hydrogen) atoms. The molecule has 0 spiro atoms. The van der Waals surface area contributed by atoms with E-state index in [1.165, 1.54) is 16.6 Å². The van der Waals surface area contributed by atoms with Gasteiger partial charge in [0, 0.05) is 19.3 Å². The molecule has 0 bridgehead atoms. The molecular weight excluding hydrogens is 295 g/mol. The maximum Gasteiger partial charge on any atom is 0.244 e. The highest BCUT2D eigenvalue weighted by Gasteiger charge is 2.27. The number of hydrogen-bond acceptors (Lipinski definition) is 3. The van der Waals surface area contributed by atoms with E-state index in [0.29, 0.717) is 0 Å². The monoisotopic (exact) mass is 310 g/mol. The molecule has 1 heterocycles. The van der Waals surface area contributed by atoms with E-state index in [1.807, 2.05) is 20.8 Å². The van der Waals surface area contributed by atoms with Crippen LogP contribution >= 0.6 is 23.2 Å². The third kappa shape index (κ3) is 3.15. The summed E-state index contributed by atoms with van der Waals surface area (Å²) in [4.78, 5) is 3.81. The zero-order valence-corrected chi connectivity index (χ0v) is 13.0. The van der Waals surface area contributed by atoms with Gasteiger partial charge in [-0.05, 0) is 18.9 Å². The summed E-state index contributed by atoms with van der Waals surface area (Å²) in [5.41, 5.74) is 0. The van der Waals surface area contributed by atoms with Crippen molar-refractivity contribution in [3.8, 4) is 0 Å². The highest BCUT2D eigenvalue weighted by molar-refractivity contribution is 7.89. The van der Waals surface area contributed by atoms with Crippen molar-refractivity contribution in [1.82, 2.24) is 9.29 Å². The van der Waals surface area contributed by atoms with Crippen LogP contribution in [0.25, 0.3) is 0 Å². The maximum atomic E-state index is 12.3. The van der Waals surface area contributed by atoms with Crippen LogP contribution < -0.4 is 0 Å². The molecule has 1 aromatic rings. The Morgan fingerprint density at radius 3 is 2.28 bits per heavy atom. The number of nitrogens with zero attached hydrogens (tertiary/aromatic N) is 2. The highest BCUT2D eigenvalue weighted by Crippen LogP contribution is 2.25. The molecule has 0 saturated carbocycles. The molecule has 0 aliphatic rings. The van der Waals surface area contributed by atoms with E-state index in [1.54, 1.807) is 7.05 Å². The molecular formula is C11H16Cl2N2O2S. The van der Waals surface area contributed by atoms with Crippen molar-refractivity contribution in [2.45, 2.75) is 31.7 Å². The van der Waals surface area contributed by atoms with E-state index in [9.17, 15) is 8.42 Å². The van der Waals surface area contributed by atoms with Crippen LogP contribution in [0.15, 0.2) is 17.2 Å². The zero-order valence-electron chi connectivity index (χ0n) is 10.7. The van der Waals surface area contributed by atoms with Gasteiger partial charge < -0.3 is 0 Å². The second kappa shape index (κ2) is 5.74. The van der Waals surface area contributed by atoms with Crippen LogP contribution in [0.1, 0.15) is 20.8 Å². The first-order chi connectivity index (χ1) is 8.17. The first-order valence-corrected chi connectivity index (χ1v) is 7.66.